The SMILES string of the molecule is CC(=O)Nc1scc2c1CN([C@]1(C)CCC(=O)NC1=O)O2. The van der Waals surface area contributed by atoms with Gasteiger partial charge in [-0.1, -0.05) is 0 Å². The van der Waals surface area contributed by atoms with E-state index >= 15 is 0 Å². The number of hydrogen-bond donors (Lipinski definition) is 2. The summed E-state index contributed by atoms with van der Waals surface area (Å²) in [6.45, 7) is 3.59. The molecule has 0 aromatic carbocycles. The van der Waals surface area contributed by atoms with Crippen LogP contribution in [0.4, 0.5) is 5.00 Å². The van der Waals surface area contributed by atoms with Crippen molar-refractivity contribution >= 4 is 34.1 Å². The number of rotatable bonds is 2. The minimum Gasteiger partial charge on any atom is -0.403 e. The first kappa shape index (κ1) is 14.0. The van der Waals surface area contributed by atoms with Crippen molar-refractivity contribution in [2.45, 2.75) is 38.8 Å². The molecule has 1 aromatic heterocycles. The second kappa shape index (κ2) is 4.81. The summed E-state index contributed by atoms with van der Waals surface area (Å²) in [4.78, 5) is 40.3. The Labute approximate surface area is 125 Å². The molecule has 0 unspecified atom stereocenters. The smallest absolute Gasteiger partial charge is 0.250 e. The number of carbonyl (C=O) groups is 3. The number of hydroxylamine groups is 2. The monoisotopic (exact) mass is 309 g/mol. The van der Waals surface area contributed by atoms with Crippen LogP contribution in [0.1, 0.15) is 32.3 Å². The molecule has 1 saturated heterocycles. The summed E-state index contributed by atoms with van der Waals surface area (Å²) in [6.07, 6.45) is 0.689. The van der Waals surface area contributed by atoms with E-state index in [9.17, 15) is 14.4 Å². The van der Waals surface area contributed by atoms with Gasteiger partial charge in [-0.2, -0.15) is 0 Å². The molecule has 3 rings (SSSR count). The number of hydrogen-bond acceptors (Lipinski definition) is 6. The highest BCUT2D eigenvalue weighted by atomic mass is 32.1. The van der Waals surface area contributed by atoms with Crippen LogP contribution in [0.25, 0.3) is 0 Å². The van der Waals surface area contributed by atoms with Crippen LogP contribution in [0.2, 0.25) is 0 Å². The van der Waals surface area contributed by atoms with Crippen molar-refractivity contribution in [3.8, 4) is 5.75 Å². The third kappa shape index (κ3) is 2.30. The van der Waals surface area contributed by atoms with Gasteiger partial charge in [-0.05, 0) is 13.3 Å². The van der Waals surface area contributed by atoms with E-state index in [-0.39, 0.29) is 24.1 Å². The van der Waals surface area contributed by atoms with Gasteiger partial charge in [-0.25, -0.2) is 0 Å². The molecule has 8 heteroatoms. The van der Waals surface area contributed by atoms with E-state index < -0.39 is 5.54 Å². The van der Waals surface area contributed by atoms with Crippen LogP contribution < -0.4 is 15.5 Å². The third-order valence-corrected chi connectivity index (χ3v) is 4.70. The first-order chi connectivity index (χ1) is 9.90. The molecule has 0 aliphatic carbocycles. The lowest BCUT2D eigenvalue weighted by molar-refractivity contribution is -0.169. The quantitative estimate of drug-likeness (QED) is 0.796. The number of carbonyl (C=O) groups excluding carboxylic acids is 3. The highest BCUT2D eigenvalue weighted by Gasteiger charge is 2.48. The zero-order valence-corrected chi connectivity index (χ0v) is 12.5. The van der Waals surface area contributed by atoms with Crippen molar-refractivity contribution < 1.29 is 19.2 Å². The van der Waals surface area contributed by atoms with Crippen molar-refractivity contribution in [1.82, 2.24) is 10.4 Å². The van der Waals surface area contributed by atoms with Crippen molar-refractivity contribution in [2.75, 3.05) is 5.32 Å². The summed E-state index contributed by atoms with van der Waals surface area (Å²) >= 11 is 1.39. The number of nitrogens with one attached hydrogen (secondary N) is 2. The average molecular weight is 309 g/mol. The molecule has 0 radical (unpaired) electrons. The summed E-state index contributed by atoms with van der Waals surface area (Å²) in [7, 11) is 0. The second-order valence-corrected chi connectivity index (χ2v) is 6.25. The maximum absolute atomic E-state index is 12.1. The summed E-state index contributed by atoms with van der Waals surface area (Å²) in [5, 5.41) is 9.22. The Hall–Kier alpha value is -1.93. The van der Waals surface area contributed by atoms with Gasteiger partial charge in [0.2, 0.25) is 17.7 Å². The molecule has 2 aliphatic rings. The van der Waals surface area contributed by atoms with Crippen molar-refractivity contribution in [3.05, 3.63) is 10.9 Å². The van der Waals surface area contributed by atoms with E-state index in [1.807, 2.05) is 0 Å². The lowest BCUT2D eigenvalue weighted by atomic mass is 9.90. The number of amides is 3. The Morgan fingerprint density at radius 1 is 1.52 bits per heavy atom. The van der Waals surface area contributed by atoms with Gasteiger partial charge in [0, 0.05) is 24.3 Å². The van der Waals surface area contributed by atoms with Gasteiger partial charge in [0.1, 0.15) is 10.5 Å². The van der Waals surface area contributed by atoms with Crippen LogP contribution in [0, 0.1) is 0 Å². The molecule has 21 heavy (non-hydrogen) atoms. The Balaban J connectivity index is 1.81. The number of imide groups is 1. The van der Waals surface area contributed by atoms with E-state index in [4.69, 9.17) is 4.84 Å². The van der Waals surface area contributed by atoms with E-state index in [0.29, 0.717) is 18.7 Å². The predicted octanol–water partition coefficient (Wildman–Crippen LogP) is 1.01. The molecule has 1 atom stereocenters. The molecule has 1 aromatic rings. The highest BCUT2D eigenvalue weighted by molar-refractivity contribution is 7.14. The summed E-state index contributed by atoms with van der Waals surface area (Å²) in [5.41, 5.74) is -0.0286. The first-order valence-electron chi connectivity index (χ1n) is 6.58. The van der Waals surface area contributed by atoms with E-state index in [0.717, 1.165) is 10.6 Å². The Bertz CT molecular complexity index is 641. The number of nitrogens with zero attached hydrogens (tertiary/aromatic N) is 1. The fourth-order valence-corrected chi connectivity index (χ4v) is 3.38. The molecule has 1 fully saturated rings. The highest BCUT2D eigenvalue weighted by Crippen LogP contribution is 2.43. The van der Waals surface area contributed by atoms with Gasteiger partial charge >= 0.3 is 0 Å². The molecule has 3 amide bonds. The lowest BCUT2D eigenvalue weighted by Crippen LogP contribution is -2.60. The lowest BCUT2D eigenvalue weighted by Gasteiger charge is -2.37. The number of thiophene rings is 1. The molecule has 0 saturated carbocycles. The van der Waals surface area contributed by atoms with E-state index in [1.54, 1.807) is 17.4 Å². The van der Waals surface area contributed by atoms with Crippen LogP contribution in [0.15, 0.2) is 5.38 Å². The maximum Gasteiger partial charge on any atom is 0.250 e. The van der Waals surface area contributed by atoms with Gasteiger partial charge in [0.05, 0.1) is 6.54 Å². The summed E-state index contributed by atoms with van der Waals surface area (Å²) in [6, 6.07) is 0. The van der Waals surface area contributed by atoms with Gasteiger partial charge < -0.3 is 10.2 Å². The van der Waals surface area contributed by atoms with E-state index in [2.05, 4.69) is 10.6 Å². The maximum atomic E-state index is 12.1. The van der Waals surface area contributed by atoms with Crippen molar-refractivity contribution in [1.29, 1.82) is 0 Å². The molecule has 112 valence electrons. The molecule has 2 aliphatic heterocycles. The minimum atomic E-state index is -0.891. The number of fused-ring (bicyclic) bond motifs is 1. The van der Waals surface area contributed by atoms with Gasteiger partial charge in [-0.3, -0.25) is 19.7 Å². The minimum absolute atomic E-state index is 0.148. The second-order valence-electron chi connectivity index (χ2n) is 5.37. The molecular formula is C13H15N3O4S. The molecule has 2 N–H and O–H groups in total. The molecular weight excluding hydrogens is 294 g/mol. The topological polar surface area (TPSA) is 87.7 Å². The van der Waals surface area contributed by atoms with Gasteiger partial charge in [0.25, 0.3) is 0 Å². The molecule has 0 bridgehead atoms. The Morgan fingerprint density at radius 3 is 2.95 bits per heavy atom. The molecule has 3 heterocycles. The van der Waals surface area contributed by atoms with Gasteiger partial charge in [0.15, 0.2) is 5.75 Å². The van der Waals surface area contributed by atoms with Crippen LogP contribution in [0.3, 0.4) is 0 Å². The largest absolute Gasteiger partial charge is 0.403 e. The third-order valence-electron chi connectivity index (χ3n) is 3.79. The van der Waals surface area contributed by atoms with E-state index in [1.165, 1.54) is 18.3 Å². The molecule has 7 nitrogen and oxygen atoms in total. The van der Waals surface area contributed by atoms with Crippen LogP contribution in [0.5, 0.6) is 5.75 Å². The summed E-state index contributed by atoms with van der Waals surface area (Å²) < 4.78 is 0. The van der Waals surface area contributed by atoms with Crippen LogP contribution in [-0.2, 0) is 20.9 Å². The molecule has 0 spiro atoms. The first-order valence-corrected chi connectivity index (χ1v) is 7.46. The number of anilines is 1. The van der Waals surface area contributed by atoms with Crippen molar-refractivity contribution in [3.63, 3.8) is 0 Å². The number of piperidine rings is 1. The predicted molar refractivity (Wildman–Crippen MR) is 75.6 cm³/mol. The zero-order chi connectivity index (χ0) is 15.2. The Kier molecular flexibility index (Phi) is 3.22. The standard InChI is InChI=1S/C13H15N3O4S/c1-7(17)14-11-8-5-16(20-9(8)6-21-11)13(2)4-3-10(18)15-12(13)19/h6H,3-5H2,1-2H3,(H,14,17)(H,15,18,19)/t13-/m1/s1. The fourth-order valence-electron chi connectivity index (χ4n) is 2.46. The zero-order valence-electron chi connectivity index (χ0n) is 11.7. The Morgan fingerprint density at radius 2 is 2.29 bits per heavy atom. The van der Waals surface area contributed by atoms with Gasteiger partial charge in [-0.15, -0.1) is 16.4 Å². The summed E-state index contributed by atoms with van der Waals surface area (Å²) in [5.74, 6) is -0.113. The normalized spacial score (nSPS) is 25.2. The fraction of sp³-hybridized carbons (Fsp3) is 0.462. The van der Waals surface area contributed by atoms with Crippen molar-refractivity contribution in [2.24, 2.45) is 0 Å². The average Bonchev–Trinajstić information content (AvgIpc) is 2.96. The van der Waals surface area contributed by atoms with Crippen LogP contribution >= 0.6 is 11.3 Å². The van der Waals surface area contributed by atoms with Crippen LogP contribution in [-0.4, -0.2) is 28.3 Å².